The number of allylic oxidation sites excluding steroid dienone is 1. The Hall–Kier alpha value is -3.95. The van der Waals surface area contributed by atoms with Gasteiger partial charge in [-0.1, -0.05) is 49.4 Å². The Bertz CT molecular complexity index is 1340. The molecule has 1 amide bonds. The Labute approximate surface area is 219 Å². The normalized spacial score (nSPS) is 18.4. The zero-order valence-electron chi connectivity index (χ0n) is 21.6. The van der Waals surface area contributed by atoms with Gasteiger partial charge in [0.25, 0.3) is 0 Å². The van der Waals surface area contributed by atoms with E-state index in [9.17, 15) is 18.0 Å². The quantitative estimate of drug-likeness (QED) is 0.404. The number of rotatable bonds is 8. The van der Waals surface area contributed by atoms with Crippen molar-refractivity contribution in [2.45, 2.75) is 52.8 Å². The maximum Gasteiger partial charge on any atom is 0.416 e. The fourth-order valence-corrected chi connectivity index (χ4v) is 4.85. The highest BCUT2D eigenvalue weighted by Crippen LogP contribution is 2.37. The number of H-pyrrole nitrogens is 1. The number of hydrogen-bond donors (Lipinski definition) is 2. The Balaban J connectivity index is 1.56. The van der Waals surface area contributed by atoms with Crippen LogP contribution in [-0.4, -0.2) is 32.6 Å². The maximum absolute atomic E-state index is 13.0. The summed E-state index contributed by atoms with van der Waals surface area (Å²) in [4.78, 5) is 12.4. The number of aromatic amines is 1. The van der Waals surface area contributed by atoms with E-state index in [0.717, 1.165) is 34.4 Å². The molecule has 1 heterocycles. The number of aromatic nitrogens is 4. The molecule has 0 saturated heterocycles. The van der Waals surface area contributed by atoms with Gasteiger partial charge in [-0.3, -0.25) is 4.79 Å². The second-order valence-corrected chi connectivity index (χ2v) is 10.1. The summed E-state index contributed by atoms with van der Waals surface area (Å²) in [6.45, 7) is 7.92. The number of tetrazole rings is 1. The molecule has 1 aliphatic rings. The number of halogens is 3. The first-order chi connectivity index (χ1) is 17.9. The number of nitrogens with zero attached hydrogens (tertiary/aromatic N) is 3. The van der Waals surface area contributed by atoms with Gasteiger partial charge >= 0.3 is 6.18 Å². The van der Waals surface area contributed by atoms with E-state index in [1.807, 2.05) is 52.0 Å². The summed E-state index contributed by atoms with van der Waals surface area (Å²) < 4.78 is 45.4. The van der Waals surface area contributed by atoms with Crippen LogP contribution in [0.25, 0.3) is 11.1 Å². The molecule has 38 heavy (non-hydrogen) atoms. The zero-order valence-corrected chi connectivity index (χ0v) is 21.6. The Morgan fingerprint density at radius 2 is 1.82 bits per heavy atom. The monoisotopic (exact) mass is 525 g/mol. The molecule has 2 aromatic carbocycles. The SMILES string of the molecule is Cc1cc(OC(C2=CCC(Cc3nn[nH]n3)(C(N)=O)C=C2)C(C)C)cc(C)c1-c1ccc(C(F)(F)F)cc1. The van der Waals surface area contributed by atoms with Crippen molar-refractivity contribution in [1.82, 2.24) is 20.6 Å². The van der Waals surface area contributed by atoms with Gasteiger partial charge in [0, 0.05) is 6.42 Å². The summed E-state index contributed by atoms with van der Waals surface area (Å²) in [5.41, 5.74) is 8.41. The average molecular weight is 526 g/mol. The smallest absolute Gasteiger partial charge is 0.416 e. The second kappa shape index (κ2) is 10.4. The van der Waals surface area contributed by atoms with Crippen molar-refractivity contribution >= 4 is 5.91 Å². The van der Waals surface area contributed by atoms with Crippen LogP contribution in [-0.2, 0) is 17.4 Å². The molecule has 200 valence electrons. The Morgan fingerprint density at radius 3 is 2.29 bits per heavy atom. The molecule has 1 aliphatic carbocycles. The van der Waals surface area contributed by atoms with E-state index in [1.165, 1.54) is 12.1 Å². The minimum Gasteiger partial charge on any atom is -0.485 e. The Kier molecular flexibility index (Phi) is 7.44. The van der Waals surface area contributed by atoms with E-state index in [4.69, 9.17) is 10.5 Å². The summed E-state index contributed by atoms with van der Waals surface area (Å²) in [5, 5.41) is 13.8. The lowest BCUT2D eigenvalue weighted by Gasteiger charge is -2.31. The number of ether oxygens (including phenoxy) is 1. The third-order valence-electron chi connectivity index (χ3n) is 6.85. The minimum absolute atomic E-state index is 0.111. The van der Waals surface area contributed by atoms with Crippen LogP contribution in [0.1, 0.15) is 42.8 Å². The van der Waals surface area contributed by atoms with Crippen molar-refractivity contribution in [2.24, 2.45) is 17.1 Å². The first-order valence-electron chi connectivity index (χ1n) is 12.3. The molecule has 0 fully saturated rings. The lowest BCUT2D eigenvalue weighted by Crippen LogP contribution is -2.39. The van der Waals surface area contributed by atoms with E-state index in [1.54, 1.807) is 6.08 Å². The largest absolute Gasteiger partial charge is 0.485 e. The lowest BCUT2D eigenvalue weighted by molar-refractivity contribution is -0.137. The van der Waals surface area contributed by atoms with Crippen LogP contribution >= 0.6 is 0 Å². The van der Waals surface area contributed by atoms with Gasteiger partial charge in [-0.25, -0.2) is 0 Å². The van der Waals surface area contributed by atoms with Crippen LogP contribution in [0.5, 0.6) is 5.75 Å². The number of primary amides is 1. The van der Waals surface area contributed by atoms with E-state index >= 15 is 0 Å². The molecule has 0 spiro atoms. The molecular formula is C28H30F3N5O2. The van der Waals surface area contributed by atoms with Crippen LogP contribution in [0, 0.1) is 25.2 Å². The summed E-state index contributed by atoms with van der Waals surface area (Å²) >= 11 is 0. The molecule has 0 radical (unpaired) electrons. The molecule has 3 N–H and O–H groups in total. The standard InChI is InChI=1S/C28H30F3N5O2/c1-16(2)25(20-9-11-27(12-10-20,26(32)37)15-23-33-35-36-34-23)38-22-13-17(3)24(18(4)14-22)19-5-7-21(8-6-19)28(29,30)31/h5-11,13-14,16,25H,12,15H2,1-4H3,(H2,32,37)(H,33,34,35,36). The fourth-order valence-electron chi connectivity index (χ4n) is 4.85. The predicted molar refractivity (Wildman–Crippen MR) is 137 cm³/mol. The second-order valence-electron chi connectivity index (χ2n) is 10.1. The number of nitrogens with two attached hydrogens (primary N) is 1. The molecule has 1 aromatic heterocycles. The fraction of sp³-hybridized carbons (Fsp3) is 0.357. The van der Waals surface area contributed by atoms with Crippen molar-refractivity contribution in [3.8, 4) is 16.9 Å². The van der Waals surface area contributed by atoms with Gasteiger partial charge in [-0.05, 0) is 78.3 Å². The molecule has 4 rings (SSSR count). The molecule has 0 aliphatic heterocycles. The van der Waals surface area contributed by atoms with Crippen LogP contribution in [0.2, 0.25) is 0 Å². The molecular weight excluding hydrogens is 495 g/mol. The van der Waals surface area contributed by atoms with Crippen LogP contribution in [0.3, 0.4) is 0 Å². The minimum atomic E-state index is -4.38. The first kappa shape index (κ1) is 27.1. The molecule has 0 bridgehead atoms. The summed E-state index contributed by atoms with van der Waals surface area (Å²) in [6, 6.07) is 8.97. The predicted octanol–water partition coefficient (Wildman–Crippen LogP) is 5.51. The van der Waals surface area contributed by atoms with Gasteiger partial charge in [-0.2, -0.15) is 18.4 Å². The number of benzene rings is 2. The molecule has 2 atom stereocenters. The van der Waals surface area contributed by atoms with Gasteiger partial charge in [-0.15, -0.1) is 10.2 Å². The third-order valence-corrected chi connectivity index (χ3v) is 6.85. The highest BCUT2D eigenvalue weighted by atomic mass is 19.4. The third kappa shape index (κ3) is 5.64. The number of aryl methyl sites for hydroxylation is 2. The number of carbonyl (C=O) groups is 1. The van der Waals surface area contributed by atoms with Crippen LogP contribution in [0.4, 0.5) is 13.2 Å². The van der Waals surface area contributed by atoms with Crippen molar-refractivity contribution in [3.05, 3.63) is 82.7 Å². The van der Waals surface area contributed by atoms with Crippen molar-refractivity contribution in [1.29, 1.82) is 0 Å². The van der Waals surface area contributed by atoms with Gasteiger partial charge in [0.1, 0.15) is 11.9 Å². The van der Waals surface area contributed by atoms with Crippen LogP contribution < -0.4 is 10.5 Å². The lowest BCUT2D eigenvalue weighted by atomic mass is 9.75. The van der Waals surface area contributed by atoms with E-state index in [0.29, 0.717) is 23.6 Å². The highest BCUT2D eigenvalue weighted by molar-refractivity contribution is 5.84. The van der Waals surface area contributed by atoms with Crippen molar-refractivity contribution < 1.29 is 22.7 Å². The number of nitrogens with one attached hydrogen (secondary N) is 1. The molecule has 10 heteroatoms. The maximum atomic E-state index is 13.0. The van der Waals surface area contributed by atoms with Gasteiger partial charge in [0.05, 0.1) is 11.0 Å². The zero-order chi connectivity index (χ0) is 27.7. The number of amides is 1. The molecule has 2 unspecified atom stereocenters. The van der Waals surface area contributed by atoms with Crippen molar-refractivity contribution in [2.75, 3.05) is 0 Å². The summed E-state index contributed by atoms with van der Waals surface area (Å²) in [6.07, 6.45) is 1.57. The highest BCUT2D eigenvalue weighted by Gasteiger charge is 2.37. The van der Waals surface area contributed by atoms with Gasteiger partial charge in [0.15, 0.2) is 5.82 Å². The molecule has 7 nitrogen and oxygen atoms in total. The summed E-state index contributed by atoms with van der Waals surface area (Å²) in [7, 11) is 0. The van der Waals surface area contributed by atoms with Gasteiger partial charge < -0.3 is 10.5 Å². The van der Waals surface area contributed by atoms with E-state index < -0.39 is 23.1 Å². The molecule has 0 saturated carbocycles. The van der Waals surface area contributed by atoms with E-state index in [-0.39, 0.29) is 18.4 Å². The number of hydrogen-bond acceptors (Lipinski definition) is 5. The summed E-state index contributed by atoms with van der Waals surface area (Å²) in [5.74, 6) is 0.698. The van der Waals surface area contributed by atoms with Crippen molar-refractivity contribution in [3.63, 3.8) is 0 Å². The topological polar surface area (TPSA) is 107 Å². The number of alkyl halides is 3. The first-order valence-corrected chi connectivity index (χ1v) is 12.3. The van der Waals surface area contributed by atoms with Gasteiger partial charge in [0.2, 0.25) is 5.91 Å². The average Bonchev–Trinajstić information content (AvgIpc) is 3.35. The molecule has 3 aromatic rings. The van der Waals surface area contributed by atoms with Crippen LogP contribution in [0.15, 0.2) is 60.2 Å². The number of carbonyl (C=O) groups excluding carboxylic acids is 1. The van der Waals surface area contributed by atoms with E-state index in [2.05, 4.69) is 20.6 Å². The Morgan fingerprint density at radius 1 is 1.16 bits per heavy atom.